The molecule has 0 spiro atoms. The third kappa shape index (κ3) is 3.92. The van der Waals surface area contributed by atoms with Gasteiger partial charge in [0.1, 0.15) is 17.0 Å². The lowest BCUT2D eigenvalue weighted by atomic mass is 10.0. The van der Waals surface area contributed by atoms with Crippen molar-refractivity contribution in [1.29, 1.82) is 0 Å². The van der Waals surface area contributed by atoms with Gasteiger partial charge in [-0.1, -0.05) is 12.1 Å². The van der Waals surface area contributed by atoms with Gasteiger partial charge in [0.15, 0.2) is 5.76 Å². The van der Waals surface area contributed by atoms with Crippen molar-refractivity contribution in [2.75, 3.05) is 7.11 Å². The van der Waals surface area contributed by atoms with Gasteiger partial charge in [-0.15, -0.1) is 0 Å². The molecule has 27 heavy (non-hydrogen) atoms. The number of nitrogens with zero attached hydrogens (tertiary/aromatic N) is 2. The standard InChI is InChI=1S/C20H21N3O4/c1-20(2,19(25)21-13-14-6-8-15(26-3)9-7-14)23-18(24)11-10-16(22-23)17-5-4-12-27-17/h4-12H,13H2,1-3H3,(H,21,25). The van der Waals surface area contributed by atoms with Crippen LogP contribution in [-0.4, -0.2) is 22.8 Å². The van der Waals surface area contributed by atoms with Crippen molar-refractivity contribution in [3.8, 4) is 17.2 Å². The second-order valence-electron chi connectivity index (χ2n) is 6.54. The SMILES string of the molecule is COc1ccc(CNC(=O)C(C)(C)n2nc(-c3ccco3)ccc2=O)cc1. The maximum Gasteiger partial charge on any atom is 0.267 e. The Morgan fingerprint density at radius 1 is 1.19 bits per heavy atom. The van der Waals surface area contributed by atoms with Gasteiger partial charge >= 0.3 is 0 Å². The van der Waals surface area contributed by atoms with E-state index in [1.165, 1.54) is 17.0 Å². The second-order valence-corrected chi connectivity index (χ2v) is 6.54. The molecule has 1 amide bonds. The van der Waals surface area contributed by atoms with Crippen LogP contribution in [0.3, 0.4) is 0 Å². The van der Waals surface area contributed by atoms with Gasteiger partial charge in [0, 0.05) is 12.6 Å². The Kier molecular flexibility index (Phi) is 5.12. The van der Waals surface area contributed by atoms with Gasteiger partial charge in [0.05, 0.1) is 13.4 Å². The molecule has 7 nitrogen and oxygen atoms in total. The highest BCUT2D eigenvalue weighted by atomic mass is 16.5. The van der Waals surface area contributed by atoms with E-state index in [9.17, 15) is 9.59 Å². The summed E-state index contributed by atoms with van der Waals surface area (Å²) in [5, 5.41) is 7.17. The van der Waals surface area contributed by atoms with Gasteiger partial charge in [-0.25, -0.2) is 4.68 Å². The summed E-state index contributed by atoms with van der Waals surface area (Å²) in [5.41, 5.74) is -0.137. The average molecular weight is 367 g/mol. The summed E-state index contributed by atoms with van der Waals surface area (Å²) in [6, 6.07) is 13.8. The molecule has 7 heteroatoms. The average Bonchev–Trinajstić information content (AvgIpc) is 3.21. The highest BCUT2D eigenvalue weighted by Crippen LogP contribution is 2.18. The van der Waals surface area contributed by atoms with Crippen molar-refractivity contribution >= 4 is 5.91 Å². The third-order valence-corrected chi connectivity index (χ3v) is 4.27. The number of hydrogen-bond acceptors (Lipinski definition) is 5. The van der Waals surface area contributed by atoms with Crippen LogP contribution in [0.4, 0.5) is 0 Å². The molecule has 2 aromatic heterocycles. The minimum atomic E-state index is -1.17. The number of carbonyl (C=O) groups excluding carboxylic acids is 1. The zero-order valence-electron chi connectivity index (χ0n) is 15.4. The molecule has 0 aliphatic heterocycles. The molecular formula is C20H21N3O4. The normalized spacial score (nSPS) is 11.2. The molecule has 0 atom stereocenters. The Bertz CT molecular complexity index is 973. The molecule has 3 rings (SSSR count). The zero-order valence-corrected chi connectivity index (χ0v) is 15.4. The molecule has 3 aromatic rings. The molecule has 0 bridgehead atoms. The van der Waals surface area contributed by atoms with Gasteiger partial charge in [-0.3, -0.25) is 9.59 Å². The molecule has 1 aromatic carbocycles. The number of rotatable bonds is 6. The molecule has 0 saturated heterocycles. The lowest BCUT2D eigenvalue weighted by Crippen LogP contribution is -2.49. The van der Waals surface area contributed by atoms with Crippen LogP contribution >= 0.6 is 0 Å². The number of benzene rings is 1. The Hall–Kier alpha value is -3.35. The molecule has 0 aliphatic carbocycles. The number of amides is 1. The van der Waals surface area contributed by atoms with Crippen LogP contribution in [0.25, 0.3) is 11.5 Å². The molecule has 0 fully saturated rings. The van der Waals surface area contributed by atoms with E-state index >= 15 is 0 Å². The predicted molar refractivity (Wildman–Crippen MR) is 100 cm³/mol. The lowest BCUT2D eigenvalue weighted by Gasteiger charge is -2.25. The van der Waals surface area contributed by atoms with Crippen molar-refractivity contribution in [2.24, 2.45) is 0 Å². The van der Waals surface area contributed by atoms with Crippen LogP contribution in [0.15, 0.2) is 64.0 Å². The molecule has 140 valence electrons. The van der Waals surface area contributed by atoms with Gasteiger partial charge in [-0.2, -0.15) is 5.10 Å². The largest absolute Gasteiger partial charge is 0.497 e. The van der Waals surface area contributed by atoms with Gasteiger partial charge in [0.25, 0.3) is 5.56 Å². The first kappa shape index (κ1) is 18.4. The summed E-state index contributed by atoms with van der Waals surface area (Å²) < 4.78 is 11.6. The van der Waals surface area contributed by atoms with E-state index in [0.29, 0.717) is 18.0 Å². The van der Waals surface area contributed by atoms with Crippen LogP contribution in [0, 0.1) is 0 Å². The quantitative estimate of drug-likeness (QED) is 0.724. The number of hydrogen-bond donors (Lipinski definition) is 1. The summed E-state index contributed by atoms with van der Waals surface area (Å²) in [7, 11) is 1.60. The van der Waals surface area contributed by atoms with Crippen molar-refractivity contribution in [2.45, 2.75) is 25.9 Å². The Balaban J connectivity index is 1.79. The molecule has 1 N–H and O–H groups in total. The Morgan fingerprint density at radius 2 is 1.93 bits per heavy atom. The zero-order chi connectivity index (χ0) is 19.4. The van der Waals surface area contributed by atoms with E-state index in [1.54, 1.807) is 39.2 Å². The smallest absolute Gasteiger partial charge is 0.267 e. The predicted octanol–water partition coefficient (Wildman–Crippen LogP) is 2.56. The maximum absolute atomic E-state index is 12.8. The molecular weight excluding hydrogens is 346 g/mol. The first-order chi connectivity index (χ1) is 12.9. The Morgan fingerprint density at radius 3 is 2.56 bits per heavy atom. The van der Waals surface area contributed by atoms with Crippen LogP contribution in [-0.2, 0) is 16.9 Å². The lowest BCUT2D eigenvalue weighted by molar-refractivity contribution is -0.129. The molecule has 2 heterocycles. The number of ether oxygens (including phenoxy) is 1. The summed E-state index contributed by atoms with van der Waals surface area (Å²) in [5.74, 6) is 0.957. The van der Waals surface area contributed by atoms with Crippen LogP contribution in [0.1, 0.15) is 19.4 Å². The first-order valence-corrected chi connectivity index (χ1v) is 8.48. The second kappa shape index (κ2) is 7.49. The number of aromatic nitrogens is 2. The molecule has 0 aliphatic rings. The summed E-state index contributed by atoms with van der Waals surface area (Å²) in [6.45, 7) is 3.63. The summed E-state index contributed by atoms with van der Waals surface area (Å²) in [4.78, 5) is 25.1. The minimum Gasteiger partial charge on any atom is -0.497 e. The molecule has 0 saturated carbocycles. The maximum atomic E-state index is 12.8. The fourth-order valence-electron chi connectivity index (χ4n) is 2.61. The summed E-state index contributed by atoms with van der Waals surface area (Å²) in [6.07, 6.45) is 1.53. The number of carbonyl (C=O) groups is 1. The van der Waals surface area contributed by atoms with E-state index in [2.05, 4.69) is 10.4 Å². The fourth-order valence-corrected chi connectivity index (χ4v) is 2.61. The van der Waals surface area contributed by atoms with Crippen LogP contribution < -0.4 is 15.6 Å². The number of furan rings is 1. The highest BCUT2D eigenvalue weighted by Gasteiger charge is 2.32. The number of methoxy groups -OCH3 is 1. The highest BCUT2D eigenvalue weighted by molar-refractivity contribution is 5.83. The first-order valence-electron chi connectivity index (χ1n) is 8.48. The van der Waals surface area contributed by atoms with Crippen LogP contribution in [0.2, 0.25) is 0 Å². The molecule has 0 unspecified atom stereocenters. The van der Waals surface area contributed by atoms with E-state index in [0.717, 1.165) is 11.3 Å². The minimum absolute atomic E-state index is 0.315. The van der Waals surface area contributed by atoms with Gasteiger partial charge in [0.2, 0.25) is 5.91 Å². The van der Waals surface area contributed by atoms with Gasteiger partial charge in [-0.05, 0) is 49.7 Å². The van der Waals surface area contributed by atoms with E-state index < -0.39 is 5.54 Å². The topological polar surface area (TPSA) is 86.4 Å². The van der Waals surface area contributed by atoms with E-state index in [-0.39, 0.29) is 11.5 Å². The molecule has 0 radical (unpaired) electrons. The van der Waals surface area contributed by atoms with Gasteiger partial charge < -0.3 is 14.5 Å². The number of nitrogens with one attached hydrogen (secondary N) is 1. The van der Waals surface area contributed by atoms with E-state index in [1.807, 2.05) is 24.3 Å². The summed E-state index contributed by atoms with van der Waals surface area (Å²) >= 11 is 0. The van der Waals surface area contributed by atoms with Crippen molar-refractivity contribution in [3.63, 3.8) is 0 Å². The van der Waals surface area contributed by atoms with Crippen molar-refractivity contribution < 1.29 is 13.9 Å². The van der Waals surface area contributed by atoms with E-state index in [4.69, 9.17) is 9.15 Å². The Labute approximate surface area is 156 Å². The monoisotopic (exact) mass is 367 g/mol. The van der Waals surface area contributed by atoms with Crippen LogP contribution in [0.5, 0.6) is 5.75 Å². The van der Waals surface area contributed by atoms with Crippen molar-refractivity contribution in [1.82, 2.24) is 15.1 Å². The fraction of sp³-hybridized carbons (Fsp3) is 0.250. The third-order valence-electron chi connectivity index (χ3n) is 4.27. The van der Waals surface area contributed by atoms with Crippen molar-refractivity contribution in [3.05, 3.63) is 70.7 Å².